The summed E-state index contributed by atoms with van der Waals surface area (Å²) in [5.41, 5.74) is 0.994. The third-order valence-electron chi connectivity index (χ3n) is 3.88. The molecular weight excluding hydrogens is 327 g/mol. The molecule has 25 heavy (non-hydrogen) atoms. The van der Waals surface area contributed by atoms with Crippen molar-refractivity contribution in [2.24, 2.45) is 0 Å². The number of hydrogen-bond acceptors (Lipinski definition) is 4. The first-order valence-electron chi connectivity index (χ1n) is 7.51. The number of fused-ring (bicyclic) bond motifs is 1. The molecule has 0 fully saturated rings. The number of hydrogen-bond donors (Lipinski definition) is 1. The number of carbonyl (C=O) groups is 3. The SMILES string of the molecule is COc1ccc(C)cc1NC(=O)CN1C(=O)c2cccc(F)c2C1=O. The number of anilines is 1. The molecule has 0 radical (unpaired) electrons. The summed E-state index contributed by atoms with van der Waals surface area (Å²) in [7, 11) is 1.47. The molecule has 0 aliphatic carbocycles. The Balaban J connectivity index is 1.79. The quantitative estimate of drug-likeness (QED) is 0.866. The predicted octanol–water partition coefficient (Wildman–Crippen LogP) is 2.38. The molecule has 128 valence electrons. The molecule has 7 heteroatoms. The number of aryl methyl sites for hydroxylation is 1. The third kappa shape index (κ3) is 2.96. The van der Waals surface area contributed by atoms with Crippen LogP contribution in [0.3, 0.4) is 0 Å². The number of nitrogens with zero attached hydrogens (tertiary/aromatic N) is 1. The molecule has 0 saturated heterocycles. The number of methoxy groups -OCH3 is 1. The number of ether oxygens (including phenoxy) is 1. The highest BCUT2D eigenvalue weighted by molar-refractivity contribution is 6.22. The monoisotopic (exact) mass is 342 g/mol. The third-order valence-corrected chi connectivity index (χ3v) is 3.88. The van der Waals surface area contributed by atoms with Crippen molar-refractivity contribution < 1.29 is 23.5 Å². The first-order chi connectivity index (χ1) is 11.9. The lowest BCUT2D eigenvalue weighted by atomic mass is 10.1. The zero-order chi connectivity index (χ0) is 18.1. The normalized spacial score (nSPS) is 13.0. The van der Waals surface area contributed by atoms with Crippen molar-refractivity contribution in [3.8, 4) is 5.75 Å². The molecule has 0 atom stereocenters. The van der Waals surface area contributed by atoms with E-state index in [9.17, 15) is 18.8 Å². The van der Waals surface area contributed by atoms with Crippen molar-refractivity contribution in [2.45, 2.75) is 6.92 Å². The van der Waals surface area contributed by atoms with E-state index in [1.165, 1.54) is 19.2 Å². The minimum absolute atomic E-state index is 0.0362. The maximum Gasteiger partial charge on any atom is 0.265 e. The van der Waals surface area contributed by atoms with Gasteiger partial charge in [0.1, 0.15) is 18.1 Å². The number of rotatable bonds is 4. The summed E-state index contributed by atoms with van der Waals surface area (Å²) in [6, 6.07) is 9.04. The van der Waals surface area contributed by atoms with Crippen molar-refractivity contribution in [1.82, 2.24) is 4.90 Å². The Morgan fingerprint density at radius 1 is 1.20 bits per heavy atom. The Morgan fingerprint density at radius 3 is 2.64 bits per heavy atom. The van der Waals surface area contributed by atoms with Crippen molar-refractivity contribution >= 4 is 23.4 Å². The average molecular weight is 342 g/mol. The standard InChI is InChI=1S/C18H15FN2O4/c1-10-6-7-14(25-2)13(8-10)20-15(22)9-21-17(23)11-4-3-5-12(19)16(11)18(21)24/h3-8H,9H2,1-2H3,(H,20,22). The van der Waals surface area contributed by atoms with Gasteiger partial charge in [0.25, 0.3) is 11.8 Å². The minimum Gasteiger partial charge on any atom is -0.495 e. The highest BCUT2D eigenvalue weighted by Gasteiger charge is 2.38. The van der Waals surface area contributed by atoms with Gasteiger partial charge in [-0.2, -0.15) is 0 Å². The van der Waals surface area contributed by atoms with Crippen molar-refractivity contribution in [2.75, 3.05) is 19.0 Å². The van der Waals surface area contributed by atoms with Gasteiger partial charge in [0.15, 0.2) is 0 Å². The van der Waals surface area contributed by atoms with E-state index in [4.69, 9.17) is 4.74 Å². The fourth-order valence-electron chi connectivity index (χ4n) is 2.69. The van der Waals surface area contributed by atoms with Crippen molar-refractivity contribution in [1.29, 1.82) is 0 Å². The van der Waals surface area contributed by atoms with Crippen LogP contribution in [0, 0.1) is 12.7 Å². The summed E-state index contributed by atoms with van der Waals surface area (Å²) in [6.07, 6.45) is 0. The van der Waals surface area contributed by atoms with Gasteiger partial charge >= 0.3 is 0 Å². The zero-order valence-corrected chi connectivity index (χ0v) is 13.6. The molecule has 1 aliphatic rings. The molecule has 2 aromatic rings. The average Bonchev–Trinajstić information content (AvgIpc) is 2.81. The van der Waals surface area contributed by atoms with Crippen LogP contribution in [-0.2, 0) is 4.79 Å². The van der Waals surface area contributed by atoms with E-state index in [-0.39, 0.29) is 11.1 Å². The lowest BCUT2D eigenvalue weighted by Gasteiger charge is -2.15. The van der Waals surface area contributed by atoms with Gasteiger partial charge in [-0.15, -0.1) is 0 Å². The van der Waals surface area contributed by atoms with Gasteiger partial charge < -0.3 is 10.1 Å². The van der Waals surface area contributed by atoms with Crippen LogP contribution in [0.1, 0.15) is 26.3 Å². The summed E-state index contributed by atoms with van der Waals surface area (Å²) in [6.45, 7) is 1.34. The first kappa shape index (κ1) is 16.6. The summed E-state index contributed by atoms with van der Waals surface area (Å²) in [5, 5.41) is 2.61. The van der Waals surface area contributed by atoms with E-state index in [0.717, 1.165) is 16.5 Å². The predicted molar refractivity (Wildman–Crippen MR) is 88.1 cm³/mol. The second-order valence-corrected chi connectivity index (χ2v) is 5.61. The highest BCUT2D eigenvalue weighted by Crippen LogP contribution is 2.27. The lowest BCUT2D eigenvalue weighted by molar-refractivity contribution is -0.116. The molecule has 6 nitrogen and oxygen atoms in total. The van der Waals surface area contributed by atoms with Crippen molar-refractivity contribution in [3.05, 3.63) is 58.9 Å². The fourth-order valence-corrected chi connectivity index (χ4v) is 2.69. The molecule has 0 unspecified atom stereocenters. The zero-order valence-electron chi connectivity index (χ0n) is 13.6. The van der Waals surface area contributed by atoms with E-state index in [0.29, 0.717) is 11.4 Å². The number of amides is 3. The van der Waals surface area contributed by atoms with E-state index >= 15 is 0 Å². The summed E-state index contributed by atoms with van der Waals surface area (Å²) in [4.78, 5) is 37.5. The van der Waals surface area contributed by atoms with Crippen molar-refractivity contribution in [3.63, 3.8) is 0 Å². The second kappa shape index (κ2) is 6.35. The van der Waals surface area contributed by atoms with Gasteiger partial charge in [-0.25, -0.2) is 4.39 Å². The van der Waals surface area contributed by atoms with Crippen LogP contribution in [0.25, 0.3) is 0 Å². The van der Waals surface area contributed by atoms with Crippen LogP contribution in [0.2, 0.25) is 0 Å². The molecule has 0 aromatic heterocycles. The van der Waals surface area contributed by atoms with Crippen LogP contribution in [0.4, 0.5) is 10.1 Å². The number of carbonyl (C=O) groups excluding carboxylic acids is 3. The molecule has 0 bridgehead atoms. The molecular formula is C18H15FN2O4. The summed E-state index contributed by atoms with van der Waals surface area (Å²) < 4.78 is 19.0. The Hall–Kier alpha value is -3.22. The van der Waals surface area contributed by atoms with Crippen LogP contribution >= 0.6 is 0 Å². The molecule has 3 amide bonds. The number of halogens is 1. The van der Waals surface area contributed by atoms with E-state index in [2.05, 4.69) is 5.32 Å². The first-order valence-corrected chi connectivity index (χ1v) is 7.51. The van der Waals surface area contributed by atoms with Gasteiger partial charge in [0.2, 0.25) is 5.91 Å². The van der Waals surface area contributed by atoms with Crippen LogP contribution in [-0.4, -0.2) is 36.3 Å². The van der Waals surface area contributed by atoms with Crippen LogP contribution in [0.15, 0.2) is 36.4 Å². The van der Waals surface area contributed by atoms with Gasteiger partial charge in [-0.05, 0) is 36.8 Å². The van der Waals surface area contributed by atoms with Gasteiger partial charge in [-0.3, -0.25) is 19.3 Å². The fraction of sp³-hybridized carbons (Fsp3) is 0.167. The number of nitrogens with one attached hydrogen (secondary N) is 1. The molecule has 2 aromatic carbocycles. The van der Waals surface area contributed by atoms with Crippen LogP contribution in [0.5, 0.6) is 5.75 Å². The van der Waals surface area contributed by atoms with Gasteiger partial charge in [0.05, 0.1) is 23.9 Å². The Bertz CT molecular complexity index is 895. The van der Waals surface area contributed by atoms with Gasteiger partial charge in [-0.1, -0.05) is 12.1 Å². The molecule has 1 heterocycles. The molecule has 3 rings (SSSR count). The van der Waals surface area contributed by atoms with E-state index in [1.807, 2.05) is 13.0 Å². The maximum absolute atomic E-state index is 13.8. The Kier molecular flexibility index (Phi) is 4.22. The number of imide groups is 1. The maximum atomic E-state index is 13.8. The van der Waals surface area contributed by atoms with Crippen LogP contribution < -0.4 is 10.1 Å². The summed E-state index contributed by atoms with van der Waals surface area (Å²) in [5.74, 6) is -2.42. The summed E-state index contributed by atoms with van der Waals surface area (Å²) >= 11 is 0. The highest BCUT2D eigenvalue weighted by atomic mass is 19.1. The minimum atomic E-state index is -0.815. The number of benzene rings is 2. The molecule has 0 saturated carbocycles. The molecule has 1 aliphatic heterocycles. The topological polar surface area (TPSA) is 75.7 Å². The largest absolute Gasteiger partial charge is 0.495 e. The van der Waals surface area contributed by atoms with E-state index in [1.54, 1.807) is 12.1 Å². The molecule has 0 spiro atoms. The Labute approximate surface area is 143 Å². The molecule has 1 N–H and O–H groups in total. The van der Waals surface area contributed by atoms with E-state index < -0.39 is 30.1 Å². The Morgan fingerprint density at radius 2 is 1.96 bits per heavy atom. The smallest absolute Gasteiger partial charge is 0.265 e. The second-order valence-electron chi connectivity index (χ2n) is 5.61. The lowest BCUT2D eigenvalue weighted by Crippen LogP contribution is -2.37. The van der Waals surface area contributed by atoms with Gasteiger partial charge in [0, 0.05) is 0 Å².